The van der Waals surface area contributed by atoms with Crippen LogP contribution in [0, 0.1) is 11.6 Å². The molecule has 0 heterocycles. The highest BCUT2D eigenvalue weighted by Crippen LogP contribution is 2.21. The van der Waals surface area contributed by atoms with Gasteiger partial charge < -0.3 is 5.32 Å². The van der Waals surface area contributed by atoms with Gasteiger partial charge in [0.25, 0.3) is 0 Å². The van der Waals surface area contributed by atoms with Crippen LogP contribution in [0.25, 0.3) is 0 Å². The Hall–Kier alpha value is -1.10. The molecule has 0 unspecified atom stereocenters. The molecule has 2 nitrogen and oxygen atoms in total. The van der Waals surface area contributed by atoms with Gasteiger partial charge in [0.1, 0.15) is 0 Å². The van der Waals surface area contributed by atoms with Crippen LogP contribution in [0.3, 0.4) is 0 Å². The largest absolute Gasteiger partial charge is 0.350 e. The molecule has 0 saturated heterocycles. The van der Waals surface area contributed by atoms with Crippen LogP contribution in [0.15, 0.2) is 23.1 Å². The first-order valence-electron chi connectivity index (χ1n) is 6.29. The summed E-state index contributed by atoms with van der Waals surface area (Å²) in [7, 11) is 0. The number of halogens is 2. The third-order valence-corrected chi connectivity index (χ3v) is 4.26. The van der Waals surface area contributed by atoms with Crippen molar-refractivity contribution in [2.24, 2.45) is 0 Å². The van der Waals surface area contributed by atoms with Crippen molar-refractivity contribution in [1.29, 1.82) is 0 Å². The smallest absolute Gasteiger partial charge is 0.230 e. The molecular formula is C14H19F2NOS. The quantitative estimate of drug-likeness (QED) is 0.807. The minimum absolute atomic E-state index is 0.0964. The van der Waals surface area contributed by atoms with Crippen LogP contribution in [0.4, 0.5) is 8.78 Å². The topological polar surface area (TPSA) is 29.1 Å². The Morgan fingerprint density at radius 3 is 2.42 bits per heavy atom. The minimum atomic E-state index is -0.891. The summed E-state index contributed by atoms with van der Waals surface area (Å²) in [6, 6.07) is 3.64. The van der Waals surface area contributed by atoms with E-state index in [1.54, 1.807) is 0 Å². The lowest BCUT2D eigenvalue weighted by Crippen LogP contribution is -2.45. The van der Waals surface area contributed by atoms with E-state index in [1.165, 1.54) is 17.8 Å². The van der Waals surface area contributed by atoms with Crippen molar-refractivity contribution in [3.05, 3.63) is 29.8 Å². The lowest BCUT2D eigenvalue weighted by atomic mass is 9.96. The van der Waals surface area contributed by atoms with Crippen LogP contribution >= 0.6 is 11.8 Å². The molecule has 1 aromatic carbocycles. The van der Waals surface area contributed by atoms with Gasteiger partial charge in [0.2, 0.25) is 5.91 Å². The van der Waals surface area contributed by atoms with Crippen molar-refractivity contribution in [1.82, 2.24) is 5.32 Å². The molecule has 0 saturated carbocycles. The van der Waals surface area contributed by atoms with Crippen LogP contribution in [-0.4, -0.2) is 17.2 Å². The van der Waals surface area contributed by atoms with Crippen molar-refractivity contribution in [3.63, 3.8) is 0 Å². The highest BCUT2D eigenvalue weighted by atomic mass is 32.2. The standard InChI is InChI=1S/C14H19F2NOS/c1-4-14(3,5-2)17-13(18)9-19-10-6-7-11(15)12(16)8-10/h6-8H,4-5,9H2,1-3H3,(H,17,18). The molecule has 5 heteroatoms. The van der Waals surface area contributed by atoms with E-state index in [-0.39, 0.29) is 17.2 Å². The fraction of sp³-hybridized carbons (Fsp3) is 0.500. The maximum atomic E-state index is 13.0. The van der Waals surface area contributed by atoms with E-state index in [4.69, 9.17) is 0 Å². The van der Waals surface area contributed by atoms with Gasteiger partial charge in [-0.15, -0.1) is 11.8 Å². The molecule has 0 bridgehead atoms. The zero-order valence-corrected chi connectivity index (χ0v) is 12.2. The van der Waals surface area contributed by atoms with Gasteiger partial charge in [0.15, 0.2) is 11.6 Å². The van der Waals surface area contributed by atoms with Gasteiger partial charge in [0, 0.05) is 10.4 Å². The molecule has 1 rings (SSSR count). The van der Waals surface area contributed by atoms with E-state index in [1.807, 2.05) is 20.8 Å². The fourth-order valence-corrected chi connectivity index (χ4v) is 2.24. The average molecular weight is 287 g/mol. The average Bonchev–Trinajstić information content (AvgIpc) is 2.40. The van der Waals surface area contributed by atoms with Crippen LogP contribution in [0.1, 0.15) is 33.6 Å². The summed E-state index contributed by atoms with van der Waals surface area (Å²) in [6.45, 7) is 6.03. The fourth-order valence-electron chi connectivity index (χ4n) is 1.51. The maximum absolute atomic E-state index is 13.0. The van der Waals surface area contributed by atoms with Gasteiger partial charge in [-0.1, -0.05) is 13.8 Å². The van der Waals surface area contributed by atoms with E-state index >= 15 is 0 Å². The summed E-state index contributed by atoms with van der Waals surface area (Å²) in [5.41, 5.74) is -0.203. The maximum Gasteiger partial charge on any atom is 0.230 e. The zero-order valence-electron chi connectivity index (χ0n) is 11.4. The summed E-state index contributed by atoms with van der Waals surface area (Å²) in [4.78, 5) is 12.3. The second-order valence-corrected chi connectivity index (χ2v) is 5.73. The Kier molecular flexibility index (Phi) is 5.79. The Morgan fingerprint density at radius 2 is 1.89 bits per heavy atom. The molecule has 0 fully saturated rings. The van der Waals surface area contributed by atoms with E-state index in [9.17, 15) is 13.6 Å². The van der Waals surface area contributed by atoms with Gasteiger partial charge in [-0.3, -0.25) is 4.79 Å². The second-order valence-electron chi connectivity index (χ2n) is 4.68. The predicted octanol–water partition coefficient (Wildman–Crippen LogP) is 3.75. The molecule has 0 radical (unpaired) electrons. The lowest BCUT2D eigenvalue weighted by Gasteiger charge is -2.28. The highest BCUT2D eigenvalue weighted by Gasteiger charge is 2.21. The molecule has 1 aromatic rings. The Morgan fingerprint density at radius 1 is 1.26 bits per heavy atom. The first-order valence-corrected chi connectivity index (χ1v) is 7.27. The number of carbonyl (C=O) groups is 1. The Bertz CT molecular complexity index is 447. The summed E-state index contributed by atoms with van der Waals surface area (Å²) >= 11 is 1.19. The number of rotatable bonds is 6. The summed E-state index contributed by atoms with van der Waals surface area (Å²) in [5, 5.41) is 2.96. The van der Waals surface area contributed by atoms with Crippen molar-refractivity contribution >= 4 is 17.7 Å². The monoisotopic (exact) mass is 287 g/mol. The molecule has 0 aliphatic rings. The number of hydrogen-bond donors (Lipinski definition) is 1. The SMILES string of the molecule is CCC(C)(CC)NC(=O)CSc1ccc(F)c(F)c1. The minimum Gasteiger partial charge on any atom is -0.350 e. The van der Waals surface area contributed by atoms with E-state index in [0.717, 1.165) is 25.0 Å². The number of nitrogens with one attached hydrogen (secondary N) is 1. The molecule has 0 aliphatic carbocycles. The van der Waals surface area contributed by atoms with Crippen LogP contribution in [0.5, 0.6) is 0 Å². The van der Waals surface area contributed by atoms with Crippen LogP contribution < -0.4 is 5.32 Å². The molecule has 1 N–H and O–H groups in total. The first kappa shape index (κ1) is 16.0. The second kappa shape index (κ2) is 6.89. The van der Waals surface area contributed by atoms with Crippen molar-refractivity contribution in [2.75, 3.05) is 5.75 Å². The van der Waals surface area contributed by atoms with Gasteiger partial charge in [-0.2, -0.15) is 0 Å². The third-order valence-electron chi connectivity index (χ3n) is 3.26. The van der Waals surface area contributed by atoms with E-state index in [2.05, 4.69) is 5.32 Å². The Labute approximate surface area is 117 Å². The molecule has 0 spiro atoms. The predicted molar refractivity (Wildman–Crippen MR) is 74.2 cm³/mol. The van der Waals surface area contributed by atoms with Crippen LogP contribution in [0.2, 0.25) is 0 Å². The summed E-state index contributed by atoms with van der Waals surface area (Å²) < 4.78 is 25.7. The van der Waals surface area contributed by atoms with Crippen molar-refractivity contribution in [3.8, 4) is 0 Å². The Balaban J connectivity index is 2.52. The lowest BCUT2D eigenvalue weighted by molar-refractivity contribution is -0.120. The van der Waals surface area contributed by atoms with Gasteiger partial charge in [-0.05, 0) is 38.0 Å². The van der Waals surface area contributed by atoms with Gasteiger partial charge in [-0.25, -0.2) is 8.78 Å². The number of carbonyl (C=O) groups excluding carboxylic acids is 1. The molecule has 106 valence electrons. The number of amides is 1. The van der Waals surface area contributed by atoms with Crippen molar-refractivity contribution < 1.29 is 13.6 Å². The van der Waals surface area contributed by atoms with E-state index < -0.39 is 11.6 Å². The van der Waals surface area contributed by atoms with Gasteiger partial charge >= 0.3 is 0 Å². The molecule has 0 aliphatic heterocycles. The molecule has 1 amide bonds. The molecule has 19 heavy (non-hydrogen) atoms. The van der Waals surface area contributed by atoms with E-state index in [0.29, 0.717) is 4.90 Å². The van der Waals surface area contributed by atoms with Gasteiger partial charge in [0.05, 0.1) is 5.75 Å². The molecular weight excluding hydrogens is 268 g/mol. The molecule has 0 aromatic heterocycles. The summed E-state index contributed by atoms with van der Waals surface area (Å²) in [6.07, 6.45) is 1.70. The summed E-state index contributed by atoms with van der Waals surface area (Å²) in [5.74, 6) is -1.67. The third kappa shape index (κ3) is 4.82. The zero-order chi connectivity index (χ0) is 14.5. The first-order chi connectivity index (χ1) is 8.90. The molecule has 0 atom stereocenters. The number of benzene rings is 1. The number of thioether (sulfide) groups is 1. The normalized spacial score (nSPS) is 11.4. The highest BCUT2D eigenvalue weighted by molar-refractivity contribution is 8.00. The number of hydrogen-bond acceptors (Lipinski definition) is 2. The van der Waals surface area contributed by atoms with Crippen molar-refractivity contribution in [2.45, 2.75) is 44.0 Å². The van der Waals surface area contributed by atoms with Crippen LogP contribution in [-0.2, 0) is 4.79 Å².